The van der Waals surface area contributed by atoms with Crippen molar-refractivity contribution in [3.63, 3.8) is 0 Å². The maximum absolute atomic E-state index is 13.1. The van der Waals surface area contributed by atoms with Crippen molar-refractivity contribution in [3.8, 4) is 0 Å². The molecule has 0 aromatic carbocycles. The molecule has 5 atom stereocenters. The van der Waals surface area contributed by atoms with Crippen molar-refractivity contribution in [1.29, 1.82) is 0 Å². The van der Waals surface area contributed by atoms with Crippen molar-refractivity contribution < 1.29 is 80.2 Å². The fourth-order valence-electron chi connectivity index (χ4n) is 10.6. The van der Waals surface area contributed by atoms with Gasteiger partial charge in [0.2, 0.25) is 0 Å². The second-order valence-electron chi connectivity index (χ2n) is 26.9. The highest BCUT2D eigenvalue weighted by atomic mass is 31.2. The minimum Gasteiger partial charge on any atom is -0.462 e. The fraction of sp³-hybridized carbons (Fsp3) is 0.678. The molecule has 0 spiro atoms. The number of unbranched alkanes of at least 4 members (excludes halogenated alkanes) is 26. The van der Waals surface area contributed by atoms with Crippen LogP contribution in [0.4, 0.5) is 0 Å². The molecule has 0 fully saturated rings. The van der Waals surface area contributed by atoms with Gasteiger partial charge in [-0.05, 0) is 161 Å². The van der Waals surface area contributed by atoms with Gasteiger partial charge in [0, 0.05) is 25.7 Å². The first-order valence-electron chi connectivity index (χ1n) is 41.1. The molecular formula is C87H146O17P2. The van der Waals surface area contributed by atoms with Crippen LogP contribution in [-0.2, 0) is 65.4 Å². The number of hydrogen-bond donors (Lipinski definition) is 3. The quantitative estimate of drug-likeness (QED) is 0.0169. The maximum Gasteiger partial charge on any atom is 0.472 e. The van der Waals surface area contributed by atoms with E-state index < -0.39 is 97.5 Å². The van der Waals surface area contributed by atoms with Crippen LogP contribution in [0.2, 0.25) is 0 Å². The van der Waals surface area contributed by atoms with E-state index in [-0.39, 0.29) is 25.7 Å². The van der Waals surface area contributed by atoms with E-state index in [9.17, 15) is 43.2 Å². The summed E-state index contributed by atoms with van der Waals surface area (Å²) in [5.74, 6) is -2.24. The van der Waals surface area contributed by atoms with E-state index >= 15 is 0 Å². The first-order chi connectivity index (χ1) is 51.7. The van der Waals surface area contributed by atoms with Crippen molar-refractivity contribution in [2.24, 2.45) is 0 Å². The van der Waals surface area contributed by atoms with Gasteiger partial charge in [-0.15, -0.1) is 0 Å². The normalized spacial score (nSPS) is 14.6. The van der Waals surface area contributed by atoms with Crippen molar-refractivity contribution >= 4 is 39.5 Å². The molecule has 0 radical (unpaired) electrons. The Kier molecular flexibility index (Phi) is 74.3. The summed E-state index contributed by atoms with van der Waals surface area (Å²) in [4.78, 5) is 73.1. The van der Waals surface area contributed by atoms with Gasteiger partial charge in [-0.3, -0.25) is 37.3 Å². The Balaban J connectivity index is 5.42. The monoisotopic (exact) mass is 1530 g/mol. The molecule has 5 unspecified atom stereocenters. The summed E-state index contributed by atoms with van der Waals surface area (Å²) in [5, 5.41) is 10.7. The Morgan fingerprint density at radius 2 is 0.491 bits per heavy atom. The molecule has 0 aliphatic heterocycles. The lowest BCUT2D eigenvalue weighted by Crippen LogP contribution is -2.30. The molecule has 0 aliphatic carbocycles. The predicted molar refractivity (Wildman–Crippen MR) is 436 cm³/mol. The third kappa shape index (κ3) is 77.1. The first kappa shape index (κ1) is 101. The zero-order valence-electron chi connectivity index (χ0n) is 66.3. The molecule has 0 saturated carbocycles. The minimum atomic E-state index is -4.99. The lowest BCUT2D eigenvalue weighted by atomic mass is 10.1. The number of hydrogen-bond acceptors (Lipinski definition) is 15. The Labute approximate surface area is 643 Å². The average Bonchev–Trinajstić information content (AvgIpc) is 0.909. The van der Waals surface area contributed by atoms with Gasteiger partial charge in [0.15, 0.2) is 12.2 Å². The Bertz CT molecular complexity index is 2580. The molecule has 0 rings (SSSR count). The van der Waals surface area contributed by atoms with Gasteiger partial charge in [-0.25, -0.2) is 9.13 Å². The Morgan fingerprint density at radius 3 is 0.764 bits per heavy atom. The average molecular weight is 1530 g/mol. The van der Waals surface area contributed by atoms with Crippen LogP contribution in [-0.4, -0.2) is 96.7 Å². The van der Waals surface area contributed by atoms with Gasteiger partial charge in [0.05, 0.1) is 26.4 Å². The molecule has 17 nitrogen and oxygen atoms in total. The molecule has 0 saturated heterocycles. The number of carbonyl (C=O) groups excluding carboxylic acids is 4. The van der Waals surface area contributed by atoms with E-state index in [1.807, 2.05) is 0 Å². The van der Waals surface area contributed by atoms with Crippen LogP contribution in [0.15, 0.2) is 146 Å². The maximum atomic E-state index is 13.1. The molecule has 0 bridgehead atoms. The topological polar surface area (TPSA) is 237 Å². The third-order valence-electron chi connectivity index (χ3n) is 16.8. The third-order valence-corrected chi connectivity index (χ3v) is 18.7. The van der Waals surface area contributed by atoms with Crippen LogP contribution in [0, 0.1) is 0 Å². The van der Waals surface area contributed by atoms with E-state index in [0.717, 1.165) is 205 Å². The zero-order chi connectivity index (χ0) is 77.4. The minimum absolute atomic E-state index is 0.0676. The highest BCUT2D eigenvalue weighted by Gasteiger charge is 2.30. The molecule has 0 amide bonds. The highest BCUT2D eigenvalue weighted by molar-refractivity contribution is 7.47. The number of phosphoric acid groups is 2. The number of aliphatic hydroxyl groups is 1. The number of ether oxygens (including phenoxy) is 4. The van der Waals surface area contributed by atoms with Crippen molar-refractivity contribution in [1.82, 2.24) is 0 Å². The van der Waals surface area contributed by atoms with Crippen molar-refractivity contribution in [2.45, 2.75) is 341 Å². The van der Waals surface area contributed by atoms with E-state index in [2.05, 4.69) is 174 Å². The molecule has 0 aromatic rings. The van der Waals surface area contributed by atoms with Crippen LogP contribution in [0.3, 0.4) is 0 Å². The summed E-state index contributed by atoms with van der Waals surface area (Å²) >= 11 is 0. The smallest absolute Gasteiger partial charge is 0.462 e. The van der Waals surface area contributed by atoms with E-state index in [1.165, 1.54) is 38.5 Å². The SMILES string of the molecule is CC/C=C\C/C=C\C/C=C\C/C=C\CCCCCCCCC(=O)OCC(COP(=O)(O)OCC(O)COP(=O)(O)OCC(COC(=O)CCCCCC/C=C\C/C=C\C/C=C\C/C=C\CC)OC(=O)CCCCCCC/C=C\CCCCCCCC)OC(=O)CCCCCCC/C=C\C/C=C\C/C=C\CC. The molecule has 0 aromatic heterocycles. The van der Waals surface area contributed by atoms with Crippen LogP contribution < -0.4 is 0 Å². The van der Waals surface area contributed by atoms with E-state index in [0.29, 0.717) is 25.7 Å². The molecule has 0 heterocycles. The van der Waals surface area contributed by atoms with E-state index in [1.54, 1.807) is 0 Å². The van der Waals surface area contributed by atoms with Gasteiger partial charge in [0.25, 0.3) is 0 Å². The van der Waals surface area contributed by atoms with Gasteiger partial charge in [-0.2, -0.15) is 0 Å². The summed E-state index contributed by atoms with van der Waals surface area (Å²) in [5.41, 5.74) is 0. The van der Waals surface area contributed by atoms with Crippen molar-refractivity contribution in [2.75, 3.05) is 39.6 Å². The second-order valence-corrected chi connectivity index (χ2v) is 29.8. The predicted octanol–water partition coefficient (Wildman–Crippen LogP) is 24.2. The molecular weight excluding hydrogens is 1380 g/mol. The first-order valence-corrected chi connectivity index (χ1v) is 44.1. The van der Waals surface area contributed by atoms with Gasteiger partial charge >= 0.3 is 39.5 Å². The summed E-state index contributed by atoms with van der Waals surface area (Å²) in [6, 6.07) is 0. The Hall–Kier alpha value is -5.06. The largest absolute Gasteiger partial charge is 0.472 e. The molecule has 606 valence electrons. The van der Waals surface area contributed by atoms with Crippen LogP contribution >= 0.6 is 15.6 Å². The highest BCUT2D eigenvalue weighted by Crippen LogP contribution is 2.45. The summed E-state index contributed by atoms with van der Waals surface area (Å²) < 4.78 is 68.7. The van der Waals surface area contributed by atoms with Crippen LogP contribution in [0.5, 0.6) is 0 Å². The second kappa shape index (κ2) is 78.1. The van der Waals surface area contributed by atoms with Gasteiger partial charge in [0.1, 0.15) is 19.3 Å². The number of phosphoric ester groups is 2. The fourth-order valence-corrected chi connectivity index (χ4v) is 12.2. The number of esters is 4. The van der Waals surface area contributed by atoms with Gasteiger partial charge in [-0.1, -0.05) is 283 Å². The summed E-state index contributed by atoms with van der Waals surface area (Å²) in [7, 11) is -9.99. The summed E-state index contributed by atoms with van der Waals surface area (Å²) in [6.07, 6.45) is 89.6. The standard InChI is InChI=1S/C87H146O17P2/c1-5-9-13-17-21-25-29-33-37-39-40-42-46-48-52-56-60-64-68-72-85(90)98-78-83(104-87(92)74-70-66-62-58-54-50-44-36-32-28-24-20-16-12-8-4)80-102-106(95,96)100-76-81(88)75-99-105(93,94)101-79-82(103-86(91)73-69-65-61-57-53-49-43-35-31-27-23-19-15-11-7-3)77-97-84(89)71-67-63-59-55-51-47-45-41-38-34-30-26-22-18-14-10-6-2/h9-10,12-14,16,21-22,24-26,28,33-38,40,42-45,47,81-83,88H,5-8,11,15,17-20,23,27,29-32,39,41,46,48-80H2,1-4H3,(H,93,94)(H,95,96)/b13-9-,14-10-,16-12-,25-21-,26-22-,28-24-,37-33-,38-34-,42-40-,43-35-,44-36-,47-45-. The lowest BCUT2D eigenvalue weighted by molar-refractivity contribution is -0.161. The van der Waals surface area contributed by atoms with Crippen LogP contribution in [0.25, 0.3) is 0 Å². The summed E-state index contributed by atoms with van der Waals surface area (Å²) in [6.45, 7) is 4.48. The Morgan fingerprint density at radius 1 is 0.274 bits per heavy atom. The van der Waals surface area contributed by atoms with Gasteiger partial charge < -0.3 is 33.8 Å². The number of aliphatic hydroxyl groups excluding tert-OH is 1. The van der Waals surface area contributed by atoms with Crippen molar-refractivity contribution in [3.05, 3.63) is 146 Å². The molecule has 106 heavy (non-hydrogen) atoms. The molecule has 19 heteroatoms. The molecule has 3 N–H and O–H groups in total. The van der Waals surface area contributed by atoms with Crippen LogP contribution in [0.1, 0.15) is 323 Å². The van der Waals surface area contributed by atoms with E-state index in [4.69, 9.17) is 37.0 Å². The number of rotatable bonds is 76. The lowest BCUT2D eigenvalue weighted by Gasteiger charge is -2.21. The molecule has 0 aliphatic rings. The zero-order valence-corrected chi connectivity index (χ0v) is 68.1. The number of allylic oxidation sites excluding steroid dienone is 24. The number of carbonyl (C=O) groups is 4.